The number of hydrogen-bond donors (Lipinski definition) is 1. The van der Waals surface area contributed by atoms with Crippen molar-refractivity contribution in [2.45, 2.75) is 0 Å². The predicted octanol–water partition coefficient (Wildman–Crippen LogP) is 3.66. The van der Waals surface area contributed by atoms with Crippen LogP contribution in [0.15, 0.2) is 102 Å². The molecule has 0 aliphatic carbocycles. The largest absolute Gasteiger partial charge is 0.288 e. The summed E-state index contributed by atoms with van der Waals surface area (Å²) in [6.45, 7) is 0. The highest BCUT2D eigenvalue weighted by Crippen LogP contribution is 2.18. The average molecular weight is 367 g/mol. The SMILES string of the molecule is O=C1NN(C(=O)c2ccccc2)C(c2ccccc2)=N/C1=C/c1ccccc1. The number of hydrazine groups is 1. The van der Waals surface area contributed by atoms with Crippen LogP contribution < -0.4 is 5.43 Å². The van der Waals surface area contributed by atoms with E-state index in [1.54, 1.807) is 30.3 Å². The molecule has 3 aromatic rings. The van der Waals surface area contributed by atoms with Crippen LogP contribution in [-0.4, -0.2) is 22.7 Å². The lowest BCUT2D eigenvalue weighted by molar-refractivity contribution is -0.120. The van der Waals surface area contributed by atoms with Crippen molar-refractivity contribution < 1.29 is 9.59 Å². The molecule has 0 aromatic heterocycles. The third-order valence-corrected chi connectivity index (χ3v) is 4.24. The van der Waals surface area contributed by atoms with Gasteiger partial charge in [0, 0.05) is 11.1 Å². The molecule has 28 heavy (non-hydrogen) atoms. The Morgan fingerprint density at radius 3 is 2.04 bits per heavy atom. The molecule has 4 rings (SSSR count). The van der Waals surface area contributed by atoms with Crippen molar-refractivity contribution in [1.82, 2.24) is 10.4 Å². The Labute approximate surface area is 162 Å². The molecule has 1 aliphatic heterocycles. The summed E-state index contributed by atoms with van der Waals surface area (Å²) in [6.07, 6.45) is 1.70. The third-order valence-electron chi connectivity index (χ3n) is 4.24. The van der Waals surface area contributed by atoms with Crippen molar-refractivity contribution in [3.8, 4) is 0 Å². The number of rotatable bonds is 3. The highest BCUT2D eigenvalue weighted by molar-refractivity contribution is 6.17. The minimum atomic E-state index is -0.437. The van der Waals surface area contributed by atoms with E-state index in [1.165, 1.54) is 5.01 Å². The summed E-state index contributed by atoms with van der Waals surface area (Å²) in [5.74, 6) is -0.417. The van der Waals surface area contributed by atoms with Crippen LogP contribution in [0.2, 0.25) is 0 Å². The maximum Gasteiger partial charge on any atom is 0.288 e. The number of carbonyl (C=O) groups excluding carboxylic acids is 2. The van der Waals surface area contributed by atoms with Crippen molar-refractivity contribution in [3.05, 3.63) is 113 Å². The molecule has 3 aromatic carbocycles. The number of amides is 2. The molecule has 136 valence electrons. The fraction of sp³-hybridized carbons (Fsp3) is 0. The predicted molar refractivity (Wildman–Crippen MR) is 108 cm³/mol. The van der Waals surface area contributed by atoms with Crippen LogP contribution in [0.4, 0.5) is 0 Å². The maximum absolute atomic E-state index is 13.0. The number of benzene rings is 3. The Morgan fingerprint density at radius 2 is 1.39 bits per heavy atom. The molecule has 2 amide bonds. The maximum atomic E-state index is 13.0. The molecule has 0 unspecified atom stereocenters. The molecule has 1 heterocycles. The average Bonchev–Trinajstić information content (AvgIpc) is 2.76. The first-order valence-electron chi connectivity index (χ1n) is 8.84. The summed E-state index contributed by atoms with van der Waals surface area (Å²) in [4.78, 5) is 30.2. The van der Waals surface area contributed by atoms with Crippen molar-refractivity contribution in [3.63, 3.8) is 0 Å². The van der Waals surface area contributed by atoms with Crippen LogP contribution in [-0.2, 0) is 4.79 Å². The van der Waals surface area contributed by atoms with Gasteiger partial charge in [0.15, 0.2) is 5.84 Å². The smallest absolute Gasteiger partial charge is 0.267 e. The van der Waals surface area contributed by atoms with Crippen molar-refractivity contribution in [1.29, 1.82) is 0 Å². The van der Waals surface area contributed by atoms with E-state index >= 15 is 0 Å². The van der Waals surface area contributed by atoms with E-state index < -0.39 is 5.91 Å². The second kappa shape index (κ2) is 7.72. The van der Waals surface area contributed by atoms with Gasteiger partial charge in [-0.05, 0) is 23.8 Å². The first-order valence-corrected chi connectivity index (χ1v) is 8.84. The van der Waals surface area contributed by atoms with Gasteiger partial charge >= 0.3 is 0 Å². The first kappa shape index (κ1) is 17.4. The van der Waals surface area contributed by atoms with Gasteiger partial charge < -0.3 is 0 Å². The number of nitrogens with zero attached hydrogens (tertiary/aromatic N) is 2. The fourth-order valence-electron chi connectivity index (χ4n) is 2.87. The summed E-state index contributed by atoms with van der Waals surface area (Å²) in [6, 6.07) is 27.6. The topological polar surface area (TPSA) is 61.8 Å². The molecule has 0 saturated heterocycles. The second-order valence-corrected chi connectivity index (χ2v) is 6.19. The van der Waals surface area contributed by atoms with Crippen LogP contribution in [0.1, 0.15) is 21.5 Å². The zero-order valence-corrected chi connectivity index (χ0v) is 14.9. The molecule has 5 heteroatoms. The first-order chi connectivity index (χ1) is 13.7. The zero-order chi connectivity index (χ0) is 19.3. The summed E-state index contributed by atoms with van der Waals surface area (Å²) in [5, 5.41) is 1.20. The Hall–Kier alpha value is -3.99. The van der Waals surface area contributed by atoms with Gasteiger partial charge in [0.2, 0.25) is 0 Å². The molecule has 0 fully saturated rings. The lowest BCUT2D eigenvalue weighted by Gasteiger charge is -2.28. The number of nitrogens with one attached hydrogen (secondary N) is 1. The zero-order valence-electron chi connectivity index (χ0n) is 14.9. The molecule has 0 atom stereocenters. The molecular weight excluding hydrogens is 350 g/mol. The van der Waals surface area contributed by atoms with E-state index in [0.29, 0.717) is 11.4 Å². The van der Waals surface area contributed by atoms with E-state index in [4.69, 9.17) is 0 Å². The molecule has 0 bridgehead atoms. The minimum Gasteiger partial charge on any atom is -0.267 e. The molecule has 5 nitrogen and oxygen atoms in total. The van der Waals surface area contributed by atoms with Gasteiger partial charge in [0.25, 0.3) is 11.8 Å². The van der Waals surface area contributed by atoms with Crippen molar-refractivity contribution >= 4 is 23.7 Å². The van der Waals surface area contributed by atoms with Gasteiger partial charge in [-0.25, -0.2) is 4.99 Å². The van der Waals surface area contributed by atoms with Gasteiger partial charge in [-0.3, -0.25) is 15.0 Å². The lowest BCUT2D eigenvalue weighted by Crippen LogP contribution is -2.53. The fourth-order valence-corrected chi connectivity index (χ4v) is 2.87. The summed E-state index contributed by atoms with van der Waals surface area (Å²) in [5.41, 5.74) is 4.96. The molecule has 1 N–H and O–H groups in total. The number of hydrogen-bond acceptors (Lipinski definition) is 3. The summed E-state index contributed by atoms with van der Waals surface area (Å²) >= 11 is 0. The Balaban J connectivity index is 1.79. The molecule has 0 saturated carbocycles. The minimum absolute atomic E-state index is 0.238. The van der Waals surface area contributed by atoms with Crippen LogP contribution in [0.3, 0.4) is 0 Å². The number of carbonyl (C=O) groups is 2. The number of amidine groups is 1. The Morgan fingerprint density at radius 1 is 0.821 bits per heavy atom. The van der Waals surface area contributed by atoms with Gasteiger partial charge in [-0.15, -0.1) is 0 Å². The summed E-state index contributed by atoms with van der Waals surface area (Å²) in [7, 11) is 0. The highest BCUT2D eigenvalue weighted by atomic mass is 16.2. The van der Waals surface area contributed by atoms with Gasteiger partial charge in [-0.2, -0.15) is 5.01 Å². The normalized spacial score (nSPS) is 15.1. The molecule has 1 aliphatic rings. The van der Waals surface area contributed by atoms with Crippen molar-refractivity contribution in [2.75, 3.05) is 0 Å². The van der Waals surface area contributed by atoms with Crippen LogP contribution in [0, 0.1) is 0 Å². The van der Waals surface area contributed by atoms with Crippen molar-refractivity contribution in [2.24, 2.45) is 4.99 Å². The monoisotopic (exact) mass is 367 g/mol. The molecular formula is C23H17N3O2. The van der Waals surface area contributed by atoms with E-state index in [0.717, 1.165) is 11.1 Å². The van der Waals surface area contributed by atoms with E-state index in [-0.39, 0.29) is 11.6 Å². The summed E-state index contributed by atoms with van der Waals surface area (Å²) < 4.78 is 0. The number of aliphatic imine (C=N–C) groups is 1. The van der Waals surface area contributed by atoms with E-state index in [2.05, 4.69) is 10.4 Å². The van der Waals surface area contributed by atoms with E-state index in [1.807, 2.05) is 66.7 Å². The Kier molecular flexibility index (Phi) is 4.80. The van der Waals surface area contributed by atoms with Crippen LogP contribution in [0.5, 0.6) is 0 Å². The van der Waals surface area contributed by atoms with Gasteiger partial charge in [0.05, 0.1) is 0 Å². The van der Waals surface area contributed by atoms with Gasteiger partial charge in [0.1, 0.15) is 5.70 Å². The quantitative estimate of drug-likeness (QED) is 0.718. The highest BCUT2D eigenvalue weighted by Gasteiger charge is 2.30. The molecule has 0 radical (unpaired) electrons. The lowest BCUT2D eigenvalue weighted by atomic mass is 10.1. The third kappa shape index (κ3) is 3.59. The second-order valence-electron chi connectivity index (χ2n) is 6.19. The standard InChI is InChI=1S/C23H17N3O2/c27-22-20(16-17-10-4-1-5-11-17)24-21(18-12-6-2-7-13-18)26(25-22)23(28)19-14-8-3-9-15-19/h1-16H,(H,25,27)/b20-16+. The van der Waals surface area contributed by atoms with Crippen LogP contribution in [0.25, 0.3) is 6.08 Å². The van der Waals surface area contributed by atoms with Gasteiger partial charge in [-0.1, -0.05) is 78.9 Å². The molecule has 0 spiro atoms. The van der Waals surface area contributed by atoms with E-state index in [9.17, 15) is 9.59 Å². The Bertz CT molecular complexity index is 1060. The van der Waals surface area contributed by atoms with Crippen LogP contribution >= 0.6 is 0 Å².